The smallest absolute Gasteiger partial charge is 0.100 e. The lowest BCUT2D eigenvalue weighted by Crippen LogP contribution is -2.35. The van der Waals surface area contributed by atoms with Crippen molar-refractivity contribution in [1.82, 2.24) is 5.01 Å². The van der Waals surface area contributed by atoms with Gasteiger partial charge in [-0.25, -0.2) is 0 Å². The molecule has 2 rings (SSSR count). The zero-order chi connectivity index (χ0) is 18.0. The van der Waals surface area contributed by atoms with Gasteiger partial charge in [-0.1, -0.05) is 65.5 Å². The summed E-state index contributed by atoms with van der Waals surface area (Å²) < 4.78 is 0. The van der Waals surface area contributed by atoms with Gasteiger partial charge in [-0.05, 0) is 56.9 Å². The molecule has 0 amide bonds. The number of nitrogens with zero attached hydrogens (tertiary/aromatic N) is 3. The van der Waals surface area contributed by atoms with Gasteiger partial charge in [-0.3, -0.25) is 5.01 Å². The van der Waals surface area contributed by atoms with Gasteiger partial charge in [0.2, 0.25) is 0 Å². The maximum absolute atomic E-state index is 4.49. The maximum atomic E-state index is 4.49. The molecule has 0 saturated heterocycles. The van der Waals surface area contributed by atoms with Gasteiger partial charge in [0.25, 0.3) is 0 Å². The Kier molecular flexibility index (Phi) is 9.61. The lowest BCUT2D eigenvalue weighted by molar-refractivity contribution is 0.139. The summed E-state index contributed by atoms with van der Waals surface area (Å²) in [5, 5.41) is 11.1. The van der Waals surface area contributed by atoms with Crippen molar-refractivity contribution in [3.8, 4) is 0 Å². The first-order chi connectivity index (χ1) is 11.5. The molecule has 3 nitrogen and oxygen atoms in total. The lowest BCUT2D eigenvalue weighted by Gasteiger charge is -2.37. The molecule has 1 atom stereocenters. The second kappa shape index (κ2) is 10.9. The standard InChI is InChI=1S/C17H31N3.C4H10/c1-5-14(6-2)15-8-10-16(11-9-15)20-13-12-17(4,7-3)18-19-20;1-3-4-2/h12-16H,5-11H2,1-4H3;3-4H2,1-2H3. The molecule has 24 heavy (non-hydrogen) atoms. The van der Waals surface area contributed by atoms with Gasteiger partial charge in [0.05, 0.1) is 6.04 Å². The summed E-state index contributed by atoms with van der Waals surface area (Å²) >= 11 is 0. The van der Waals surface area contributed by atoms with Crippen LogP contribution < -0.4 is 0 Å². The molecule has 0 radical (unpaired) electrons. The van der Waals surface area contributed by atoms with Crippen LogP contribution in [-0.2, 0) is 0 Å². The molecular formula is C21H41N3. The monoisotopic (exact) mass is 335 g/mol. The highest BCUT2D eigenvalue weighted by Gasteiger charge is 2.30. The minimum absolute atomic E-state index is 0.0801. The van der Waals surface area contributed by atoms with Crippen LogP contribution in [0.2, 0.25) is 0 Å². The van der Waals surface area contributed by atoms with Crippen LogP contribution >= 0.6 is 0 Å². The summed E-state index contributed by atoms with van der Waals surface area (Å²) in [5.74, 6) is 1.87. The van der Waals surface area contributed by atoms with Crippen molar-refractivity contribution < 1.29 is 0 Å². The predicted molar refractivity (Wildman–Crippen MR) is 105 cm³/mol. The van der Waals surface area contributed by atoms with Crippen molar-refractivity contribution in [3.63, 3.8) is 0 Å². The summed E-state index contributed by atoms with van der Waals surface area (Å²) in [6.07, 6.45) is 16.0. The molecular weight excluding hydrogens is 294 g/mol. The Morgan fingerprint density at radius 3 is 1.96 bits per heavy atom. The molecule has 1 fully saturated rings. The average Bonchev–Trinajstić information content (AvgIpc) is 2.64. The summed E-state index contributed by atoms with van der Waals surface area (Å²) in [6.45, 7) is 13.4. The molecule has 1 saturated carbocycles. The molecule has 140 valence electrons. The summed E-state index contributed by atoms with van der Waals surface area (Å²) in [4.78, 5) is 0. The normalized spacial score (nSPS) is 29.5. The van der Waals surface area contributed by atoms with Gasteiger partial charge in [-0.2, -0.15) is 5.11 Å². The minimum Gasteiger partial charge on any atom is -0.252 e. The van der Waals surface area contributed by atoms with Crippen molar-refractivity contribution in [2.24, 2.45) is 22.2 Å². The first kappa shape index (κ1) is 21.2. The molecule has 0 spiro atoms. The highest BCUT2D eigenvalue weighted by molar-refractivity contribution is 5.05. The molecule has 0 aromatic rings. The molecule has 1 unspecified atom stereocenters. The molecule has 0 N–H and O–H groups in total. The second-order valence-electron chi connectivity index (χ2n) is 7.74. The fraction of sp³-hybridized carbons (Fsp3) is 0.905. The predicted octanol–water partition coefficient (Wildman–Crippen LogP) is 7.15. The molecule has 1 aliphatic heterocycles. The van der Waals surface area contributed by atoms with E-state index in [0.29, 0.717) is 6.04 Å². The van der Waals surface area contributed by atoms with Crippen molar-refractivity contribution >= 4 is 0 Å². The van der Waals surface area contributed by atoms with Crippen LogP contribution in [0.5, 0.6) is 0 Å². The first-order valence-electron chi connectivity index (χ1n) is 10.4. The van der Waals surface area contributed by atoms with E-state index in [1.54, 1.807) is 0 Å². The van der Waals surface area contributed by atoms with E-state index < -0.39 is 0 Å². The number of hydrogen-bond acceptors (Lipinski definition) is 3. The number of unbranched alkanes of at least 4 members (excludes halogenated alkanes) is 1. The van der Waals surface area contributed by atoms with E-state index in [-0.39, 0.29) is 5.54 Å². The zero-order valence-electron chi connectivity index (χ0n) is 17.1. The Balaban J connectivity index is 0.000000648. The minimum atomic E-state index is -0.0801. The van der Waals surface area contributed by atoms with E-state index in [9.17, 15) is 0 Å². The Bertz CT molecular complexity index is 361. The van der Waals surface area contributed by atoms with Gasteiger partial charge < -0.3 is 0 Å². The maximum Gasteiger partial charge on any atom is 0.100 e. The van der Waals surface area contributed by atoms with Crippen LogP contribution in [0.4, 0.5) is 0 Å². The van der Waals surface area contributed by atoms with Crippen LogP contribution in [-0.4, -0.2) is 16.6 Å². The van der Waals surface area contributed by atoms with Crippen LogP contribution in [0.25, 0.3) is 0 Å². The van der Waals surface area contributed by atoms with E-state index in [0.717, 1.165) is 18.3 Å². The van der Waals surface area contributed by atoms with Crippen LogP contribution in [0.1, 0.15) is 99.3 Å². The quantitative estimate of drug-likeness (QED) is 0.506. The van der Waals surface area contributed by atoms with Crippen LogP contribution in [0.3, 0.4) is 0 Å². The first-order valence-corrected chi connectivity index (χ1v) is 10.4. The topological polar surface area (TPSA) is 28.0 Å². The Morgan fingerprint density at radius 2 is 1.58 bits per heavy atom. The SMILES string of the molecule is CCC(CC)C1CCC(N2C=CC(C)(CC)N=N2)CC1.CCCC. The highest BCUT2D eigenvalue weighted by Crippen LogP contribution is 2.36. The number of hydrogen-bond donors (Lipinski definition) is 0. The van der Waals surface area contributed by atoms with Gasteiger partial charge in [0.1, 0.15) is 5.54 Å². The van der Waals surface area contributed by atoms with Crippen molar-refractivity contribution in [2.75, 3.05) is 0 Å². The summed E-state index contributed by atoms with van der Waals surface area (Å²) in [7, 11) is 0. The van der Waals surface area contributed by atoms with Crippen molar-refractivity contribution in [1.29, 1.82) is 0 Å². The van der Waals surface area contributed by atoms with Gasteiger partial charge >= 0.3 is 0 Å². The van der Waals surface area contributed by atoms with E-state index in [1.165, 1.54) is 51.4 Å². The zero-order valence-corrected chi connectivity index (χ0v) is 17.1. The fourth-order valence-corrected chi connectivity index (χ4v) is 3.63. The molecule has 0 bridgehead atoms. The second-order valence-corrected chi connectivity index (χ2v) is 7.74. The Labute approximate surface area is 151 Å². The molecule has 3 heteroatoms. The fourth-order valence-electron chi connectivity index (χ4n) is 3.63. The Hall–Kier alpha value is -0.860. The third kappa shape index (κ3) is 6.22. The largest absolute Gasteiger partial charge is 0.252 e. The van der Waals surface area contributed by atoms with Crippen molar-refractivity contribution in [2.45, 2.75) is 111 Å². The molecule has 2 aliphatic rings. The van der Waals surface area contributed by atoms with Crippen LogP contribution in [0, 0.1) is 11.8 Å². The van der Waals surface area contributed by atoms with Gasteiger partial charge in [0.15, 0.2) is 0 Å². The Morgan fingerprint density at radius 1 is 1.00 bits per heavy atom. The van der Waals surface area contributed by atoms with E-state index in [1.807, 2.05) is 0 Å². The van der Waals surface area contributed by atoms with E-state index in [4.69, 9.17) is 0 Å². The third-order valence-electron chi connectivity index (χ3n) is 6.01. The molecule has 1 heterocycles. The molecule has 0 aromatic carbocycles. The molecule has 1 aliphatic carbocycles. The van der Waals surface area contributed by atoms with Gasteiger partial charge in [0, 0.05) is 6.20 Å². The highest BCUT2D eigenvalue weighted by atomic mass is 15.6. The third-order valence-corrected chi connectivity index (χ3v) is 6.01. The number of rotatable bonds is 6. The van der Waals surface area contributed by atoms with Gasteiger partial charge in [-0.15, -0.1) is 0 Å². The van der Waals surface area contributed by atoms with E-state index >= 15 is 0 Å². The van der Waals surface area contributed by atoms with Crippen LogP contribution in [0.15, 0.2) is 22.6 Å². The average molecular weight is 336 g/mol. The van der Waals surface area contributed by atoms with E-state index in [2.05, 4.69) is 69.2 Å². The summed E-state index contributed by atoms with van der Waals surface area (Å²) in [6, 6.07) is 0.571. The summed E-state index contributed by atoms with van der Waals surface area (Å²) in [5.41, 5.74) is -0.0801. The molecule has 0 aromatic heterocycles. The van der Waals surface area contributed by atoms with Crippen molar-refractivity contribution in [3.05, 3.63) is 12.3 Å². The lowest BCUT2D eigenvalue weighted by atomic mass is 9.76.